The van der Waals surface area contributed by atoms with E-state index in [2.05, 4.69) is 43.5 Å². The van der Waals surface area contributed by atoms with E-state index in [9.17, 15) is 4.79 Å². The molecule has 0 spiro atoms. The molecule has 0 fully saturated rings. The van der Waals surface area contributed by atoms with Gasteiger partial charge in [0.1, 0.15) is 5.76 Å². The summed E-state index contributed by atoms with van der Waals surface area (Å²) in [5, 5.41) is 0. The van der Waals surface area contributed by atoms with Crippen LogP contribution in [0.5, 0.6) is 0 Å². The van der Waals surface area contributed by atoms with Crippen molar-refractivity contribution in [2.24, 2.45) is 4.99 Å². The number of cyclic esters (lactones) is 1. The Morgan fingerprint density at radius 2 is 1.90 bits per heavy atom. The van der Waals surface area contributed by atoms with Gasteiger partial charge >= 0.3 is 5.97 Å². The maximum Gasteiger partial charge on any atom is 0.363 e. The molecule has 0 bridgehead atoms. The average molecular weight is 444 g/mol. The largest absolute Gasteiger partial charge is 0.450 e. The lowest BCUT2D eigenvalue weighted by Gasteiger charge is -1.98. The number of ether oxygens (including phenoxy) is 1. The van der Waals surface area contributed by atoms with Crippen LogP contribution in [0, 0.1) is 3.57 Å². The zero-order valence-electron chi connectivity index (χ0n) is 9.97. The number of hydrogen-bond donors (Lipinski definition) is 0. The first-order chi connectivity index (χ1) is 9.61. The average Bonchev–Trinajstić information content (AvgIpc) is 2.98. The molecule has 0 amide bonds. The summed E-state index contributed by atoms with van der Waals surface area (Å²) in [6, 6.07) is 11.1. The van der Waals surface area contributed by atoms with Gasteiger partial charge < -0.3 is 9.15 Å². The first-order valence-electron chi connectivity index (χ1n) is 5.66. The van der Waals surface area contributed by atoms with E-state index >= 15 is 0 Å². The molecule has 0 atom stereocenters. The number of halogens is 2. The number of nitrogens with zero attached hydrogens (tertiary/aromatic N) is 1. The van der Waals surface area contributed by atoms with Gasteiger partial charge in [0.05, 0.1) is 0 Å². The molecule has 0 N–H and O–H groups in total. The van der Waals surface area contributed by atoms with Crippen LogP contribution in [0.1, 0.15) is 11.3 Å². The highest BCUT2D eigenvalue weighted by molar-refractivity contribution is 14.1. The van der Waals surface area contributed by atoms with Gasteiger partial charge in [0.25, 0.3) is 0 Å². The zero-order valence-corrected chi connectivity index (χ0v) is 13.7. The van der Waals surface area contributed by atoms with Crippen molar-refractivity contribution in [3.63, 3.8) is 0 Å². The van der Waals surface area contributed by atoms with Crippen LogP contribution in [0.4, 0.5) is 0 Å². The summed E-state index contributed by atoms with van der Waals surface area (Å²) in [5.41, 5.74) is 0.989. The fourth-order valence-corrected chi connectivity index (χ4v) is 2.34. The van der Waals surface area contributed by atoms with Crippen LogP contribution in [0.2, 0.25) is 0 Å². The number of furan rings is 1. The van der Waals surface area contributed by atoms with Crippen molar-refractivity contribution < 1.29 is 13.9 Å². The van der Waals surface area contributed by atoms with Crippen molar-refractivity contribution in [3.05, 3.63) is 61.7 Å². The van der Waals surface area contributed by atoms with E-state index in [0.717, 1.165) is 9.13 Å². The highest BCUT2D eigenvalue weighted by Crippen LogP contribution is 2.22. The van der Waals surface area contributed by atoms with E-state index in [1.165, 1.54) is 0 Å². The van der Waals surface area contributed by atoms with Crippen molar-refractivity contribution in [1.82, 2.24) is 0 Å². The monoisotopic (exact) mass is 443 g/mol. The Bertz CT molecular complexity index is 731. The lowest BCUT2D eigenvalue weighted by molar-refractivity contribution is -0.129. The summed E-state index contributed by atoms with van der Waals surface area (Å²) in [5.74, 6) is 0.366. The molecule has 0 saturated heterocycles. The van der Waals surface area contributed by atoms with Crippen molar-refractivity contribution in [2.75, 3.05) is 0 Å². The van der Waals surface area contributed by atoms with E-state index < -0.39 is 5.97 Å². The number of carbonyl (C=O) groups is 1. The van der Waals surface area contributed by atoms with Crippen LogP contribution in [0.3, 0.4) is 0 Å². The number of hydrogen-bond acceptors (Lipinski definition) is 4. The van der Waals surface area contributed by atoms with Crippen molar-refractivity contribution in [3.8, 4) is 0 Å². The van der Waals surface area contributed by atoms with Crippen molar-refractivity contribution in [1.29, 1.82) is 0 Å². The Hall–Kier alpha value is -1.41. The lowest BCUT2D eigenvalue weighted by atomic mass is 10.2. The Morgan fingerprint density at radius 1 is 1.15 bits per heavy atom. The summed E-state index contributed by atoms with van der Waals surface area (Å²) in [6.07, 6.45) is 1.55. The maximum atomic E-state index is 11.8. The normalized spacial score (nSPS) is 16.4. The predicted octanol–water partition coefficient (Wildman–Crippen LogP) is 3.99. The molecule has 0 unspecified atom stereocenters. The van der Waals surface area contributed by atoms with Crippen LogP contribution in [-0.2, 0) is 9.53 Å². The number of benzene rings is 1. The van der Waals surface area contributed by atoms with Gasteiger partial charge in [0.15, 0.2) is 10.4 Å². The van der Waals surface area contributed by atoms with Crippen molar-refractivity contribution >= 4 is 56.5 Å². The molecule has 20 heavy (non-hydrogen) atoms. The second kappa shape index (κ2) is 5.53. The smallest absolute Gasteiger partial charge is 0.363 e. The van der Waals surface area contributed by atoms with Gasteiger partial charge in [-0.05, 0) is 74.9 Å². The topological polar surface area (TPSA) is 51.8 Å². The minimum atomic E-state index is -0.480. The van der Waals surface area contributed by atoms with E-state index in [4.69, 9.17) is 9.15 Å². The van der Waals surface area contributed by atoms with Gasteiger partial charge in [-0.15, -0.1) is 0 Å². The Morgan fingerprint density at radius 3 is 2.55 bits per heavy atom. The second-order valence-corrected chi connectivity index (χ2v) is 6.01. The number of aliphatic imine (C=N–C) groups is 1. The Labute approximate surface area is 136 Å². The van der Waals surface area contributed by atoms with Crippen LogP contribution < -0.4 is 0 Å². The molecule has 0 radical (unpaired) electrons. The SMILES string of the molecule is O=C1OC(c2ccc(I)cc2)=N/C1=C/c1ccc(Br)o1. The predicted molar refractivity (Wildman–Crippen MR) is 86.2 cm³/mol. The molecule has 2 heterocycles. The maximum absolute atomic E-state index is 11.8. The van der Waals surface area contributed by atoms with E-state index in [-0.39, 0.29) is 5.70 Å². The third-order valence-electron chi connectivity index (χ3n) is 2.58. The van der Waals surface area contributed by atoms with E-state index in [1.54, 1.807) is 18.2 Å². The Balaban J connectivity index is 1.92. The molecule has 1 aliphatic heterocycles. The zero-order chi connectivity index (χ0) is 14.1. The van der Waals surface area contributed by atoms with Gasteiger partial charge in [0, 0.05) is 15.2 Å². The molecule has 0 saturated carbocycles. The molecule has 6 heteroatoms. The first-order valence-corrected chi connectivity index (χ1v) is 7.53. The lowest BCUT2D eigenvalue weighted by Crippen LogP contribution is -2.05. The van der Waals surface area contributed by atoms with Crippen molar-refractivity contribution in [2.45, 2.75) is 0 Å². The summed E-state index contributed by atoms with van der Waals surface area (Å²) in [6.45, 7) is 0. The van der Waals surface area contributed by atoms with Crippen LogP contribution in [0.15, 0.2) is 56.2 Å². The fraction of sp³-hybridized carbons (Fsp3) is 0. The quantitative estimate of drug-likeness (QED) is 0.400. The fourth-order valence-electron chi connectivity index (χ4n) is 1.67. The van der Waals surface area contributed by atoms with Crippen LogP contribution in [-0.4, -0.2) is 11.9 Å². The second-order valence-electron chi connectivity index (χ2n) is 3.98. The van der Waals surface area contributed by atoms with Crippen LogP contribution >= 0.6 is 38.5 Å². The standard InChI is InChI=1S/C14H7BrINO3/c15-12-6-5-10(19-12)7-11-14(18)20-13(17-11)8-1-3-9(16)4-2-8/h1-7H/b11-7+. The first kappa shape index (κ1) is 13.6. The third kappa shape index (κ3) is 2.85. The van der Waals surface area contributed by atoms with E-state index in [0.29, 0.717) is 16.3 Å². The van der Waals surface area contributed by atoms with Gasteiger partial charge in [-0.25, -0.2) is 9.79 Å². The minimum absolute atomic E-state index is 0.223. The molecule has 0 aliphatic carbocycles. The molecule has 1 aromatic carbocycles. The van der Waals surface area contributed by atoms with E-state index in [1.807, 2.05) is 24.3 Å². The number of esters is 1. The van der Waals surface area contributed by atoms with Gasteiger partial charge in [-0.2, -0.15) is 0 Å². The van der Waals surface area contributed by atoms with Crippen LogP contribution in [0.25, 0.3) is 6.08 Å². The van der Waals surface area contributed by atoms with Gasteiger partial charge in [-0.3, -0.25) is 0 Å². The van der Waals surface area contributed by atoms with Gasteiger partial charge in [0.2, 0.25) is 5.90 Å². The summed E-state index contributed by atoms with van der Waals surface area (Å²) in [4.78, 5) is 16.0. The Kier molecular flexibility index (Phi) is 3.75. The third-order valence-corrected chi connectivity index (χ3v) is 3.73. The highest BCUT2D eigenvalue weighted by atomic mass is 127. The summed E-state index contributed by atoms with van der Waals surface area (Å²) < 4.78 is 12.2. The molecular weight excluding hydrogens is 437 g/mol. The number of rotatable bonds is 2. The molecule has 3 rings (SSSR count). The van der Waals surface area contributed by atoms with Gasteiger partial charge in [-0.1, -0.05) is 0 Å². The summed E-state index contributed by atoms with van der Waals surface area (Å²) in [7, 11) is 0. The summed E-state index contributed by atoms with van der Waals surface area (Å²) >= 11 is 5.41. The molecule has 2 aromatic rings. The minimum Gasteiger partial charge on any atom is -0.450 e. The molecule has 100 valence electrons. The molecule has 1 aliphatic rings. The number of carbonyl (C=O) groups excluding carboxylic acids is 1. The molecule has 4 nitrogen and oxygen atoms in total. The molecule has 1 aromatic heterocycles. The highest BCUT2D eigenvalue weighted by Gasteiger charge is 2.24. The molecular formula is C14H7BrINO3.